The maximum atomic E-state index is 12.0. The van der Waals surface area contributed by atoms with Gasteiger partial charge in [-0.05, 0) is 36.8 Å². The number of benzene rings is 2. The highest BCUT2D eigenvalue weighted by molar-refractivity contribution is 5.94. The maximum Gasteiger partial charge on any atom is 0.251 e. The van der Waals surface area contributed by atoms with Crippen LogP contribution in [0, 0.1) is 0 Å². The van der Waals surface area contributed by atoms with Gasteiger partial charge in [-0.1, -0.05) is 30.3 Å². The number of nitrogens with one attached hydrogen (secondary N) is 3. The predicted octanol–water partition coefficient (Wildman–Crippen LogP) is 2.18. The molecular formula is C20H26N4O2. The van der Waals surface area contributed by atoms with Crippen LogP contribution in [0.1, 0.15) is 22.8 Å². The van der Waals surface area contributed by atoms with Crippen molar-refractivity contribution in [3.63, 3.8) is 0 Å². The van der Waals surface area contributed by atoms with Gasteiger partial charge >= 0.3 is 0 Å². The van der Waals surface area contributed by atoms with Gasteiger partial charge in [-0.3, -0.25) is 4.79 Å². The molecule has 0 fully saturated rings. The predicted molar refractivity (Wildman–Crippen MR) is 105 cm³/mol. The first-order valence-corrected chi connectivity index (χ1v) is 8.71. The molecule has 0 aliphatic heterocycles. The molecule has 0 radical (unpaired) electrons. The Balaban J connectivity index is 1.80. The van der Waals surface area contributed by atoms with E-state index in [1.54, 1.807) is 19.2 Å². The van der Waals surface area contributed by atoms with Gasteiger partial charge in [-0.25, -0.2) is 4.99 Å². The molecule has 2 aromatic carbocycles. The number of guanidine groups is 1. The van der Waals surface area contributed by atoms with E-state index in [0.717, 1.165) is 17.9 Å². The lowest BCUT2D eigenvalue weighted by atomic mass is 10.2. The Bertz CT molecular complexity index is 717. The van der Waals surface area contributed by atoms with E-state index >= 15 is 0 Å². The average Bonchev–Trinajstić information content (AvgIpc) is 2.69. The average molecular weight is 354 g/mol. The fraction of sp³-hybridized carbons (Fsp3) is 0.300. The number of carbonyl (C=O) groups excluding carboxylic acids is 1. The van der Waals surface area contributed by atoms with Crippen molar-refractivity contribution in [2.75, 3.05) is 26.7 Å². The van der Waals surface area contributed by atoms with Crippen LogP contribution in [0.3, 0.4) is 0 Å². The number of methoxy groups -OCH3 is 1. The number of amides is 1. The van der Waals surface area contributed by atoms with Crippen molar-refractivity contribution in [2.24, 2.45) is 4.99 Å². The van der Waals surface area contributed by atoms with E-state index < -0.39 is 0 Å². The summed E-state index contributed by atoms with van der Waals surface area (Å²) in [5.41, 5.74) is 1.73. The molecule has 0 spiro atoms. The van der Waals surface area contributed by atoms with E-state index in [1.165, 1.54) is 0 Å². The zero-order chi connectivity index (χ0) is 18.6. The number of ether oxygens (including phenoxy) is 1. The highest BCUT2D eigenvalue weighted by Crippen LogP contribution is 2.13. The van der Waals surface area contributed by atoms with Gasteiger partial charge in [-0.15, -0.1) is 0 Å². The van der Waals surface area contributed by atoms with E-state index in [9.17, 15) is 4.79 Å². The van der Waals surface area contributed by atoms with Crippen LogP contribution in [-0.2, 0) is 6.54 Å². The molecule has 0 bridgehead atoms. The van der Waals surface area contributed by atoms with Crippen molar-refractivity contribution in [2.45, 2.75) is 13.5 Å². The molecule has 2 aromatic rings. The Kier molecular flexibility index (Phi) is 7.99. The molecule has 138 valence electrons. The molecule has 0 saturated heterocycles. The summed E-state index contributed by atoms with van der Waals surface area (Å²) in [5, 5.41) is 9.30. The number of rotatable bonds is 8. The molecule has 26 heavy (non-hydrogen) atoms. The van der Waals surface area contributed by atoms with Gasteiger partial charge in [0.15, 0.2) is 5.96 Å². The topological polar surface area (TPSA) is 74.8 Å². The third-order valence-corrected chi connectivity index (χ3v) is 3.64. The number of hydrogen-bond acceptors (Lipinski definition) is 3. The quantitative estimate of drug-likeness (QED) is 0.386. The van der Waals surface area contributed by atoms with Crippen LogP contribution >= 0.6 is 0 Å². The van der Waals surface area contributed by atoms with Crippen LogP contribution in [0.4, 0.5) is 0 Å². The summed E-state index contributed by atoms with van der Waals surface area (Å²) >= 11 is 0. The highest BCUT2D eigenvalue weighted by Gasteiger charge is 2.03. The molecule has 0 saturated carbocycles. The Labute approximate surface area is 154 Å². The fourth-order valence-corrected chi connectivity index (χ4v) is 2.33. The molecule has 1 amide bonds. The van der Waals surface area contributed by atoms with E-state index in [4.69, 9.17) is 4.74 Å². The summed E-state index contributed by atoms with van der Waals surface area (Å²) in [6.45, 7) is 4.42. The van der Waals surface area contributed by atoms with Crippen molar-refractivity contribution in [1.82, 2.24) is 16.0 Å². The Hall–Kier alpha value is -3.02. The number of nitrogens with zero attached hydrogens (tertiary/aromatic N) is 1. The molecular weight excluding hydrogens is 328 g/mol. The second-order valence-corrected chi connectivity index (χ2v) is 5.60. The number of aliphatic imine (C=N–C) groups is 1. The van der Waals surface area contributed by atoms with Crippen LogP contribution in [0.2, 0.25) is 0 Å². The van der Waals surface area contributed by atoms with Crippen molar-refractivity contribution < 1.29 is 9.53 Å². The van der Waals surface area contributed by atoms with Crippen LogP contribution in [0.5, 0.6) is 5.75 Å². The van der Waals surface area contributed by atoms with Crippen LogP contribution in [-0.4, -0.2) is 38.6 Å². The van der Waals surface area contributed by atoms with Crippen molar-refractivity contribution in [1.29, 1.82) is 0 Å². The molecule has 0 unspecified atom stereocenters. The molecule has 2 rings (SSSR count). The first kappa shape index (κ1) is 19.3. The van der Waals surface area contributed by atoms with Crippen LogP contribution < -0.4 is 20.7 Å². The van der Waals surface area contributed by atoms with Crippen LogP contribution in [0.25, 0.3) is 0 Å². The lowest BCUT2D eigenvalue weighted by Crippen LogP contribution is -2.41. The first-order chi connectivity index (χ1) is 12.7. The minimum Gasteiger partial charge on any atom is -0.497 e. The highest BCUT2D eigenvalue weighted by atomic mass is 16.5. The molecule has 0 heterocycles. The molecule has 3 N–H and O–H groups in total. The van der Waals surface area contributed by atoms with Gasteiger partial charge in [0.05, 0.1) is 13.7 Å². The SMILES string of the molecule is CCNC(=NCc1cccc(OC)c1)NCCNC(=O)c1ccccc1. The van der Waals surface area contributed by atoms with Crippen molar-refractivity contribution in [3.05, 3.63) is 65.7 Å². The summed E-state index contributed by atoms with van der Waals surface area (Å²) in [6, 6.07) is 17.0. The normalized spacial score (nSPS) is 10.9. The minimum absolute atomic E-state index is 0.0780. The van der Waals surface area contributed by atoms with Crippen molar-refractivity contribution >= 4 is 11.9 Å². The largest absolute Gasteiger partial charge is 0.497 e. The Morgan fingerprint density at radius 2 is 1.77 bits per heavy atom. The summed E-state index contributed by atoms with van der Waals surface area (Å²) in [7, 11) is 1.65. The lowest BCUT2D eigenvalue weighted by Gasteiger charge is -2.12. The van der Waals surface area contributed by atoms with E-state index in [2.05, 4.69) is 20.9 Å². The van der Waals surface area contributed by atoms with Gasteiger partial charge in [0.25, 0.3) is 5.91 Å². The molecule has 0 aliphatic rings. The molecule has 0 aromatic heterocycles. The maximum absolute atomic E-state index is 12.0. The molecule has 0 atom stereocenters. The third-order valence-electron chi connectivity index (χ3n) is 3.64. The van der Waals surface area contributed by atoms with Gasteiger partial charge < -0.3 is 20.7 Å². The van der Waals surface area contributed by atoms with Gasteiger partial charge in [0.2, 0.25) is 0 Å². The summed E-state index contributed by atoms with van der Waals surface area (Å²) in [5.74, 6) is 1.45. The van der Waals surface area contributed by atoms with Gasteiger partial charge in [-0.2, -0.15) is 0 Å². The van der Waals surface area contributed by atoms with Crippen molar-refractivity contribution in [3.8, 4) is 5.75 Å². The second-order valence-electron chi connectivity index (χ2n) is 5.60. The van der Waals surface area contributed by atoms with E-state index in [1.807, 2.05) is 49.4 Å². The standard InChI is InChI=1S/C20H26N4O2/c1-3-21-20(24-15-16-8-7-11-18(14-16)26-2)23-13-12-22-19(25)17-9-5-4-6-10-17/h4-11,14H,3,12-13,15H2,1-2H3,(H,22,25)(H2,21,23,24). The molecule has 6 heteroatoms. The van der Waals surface area contributed by atoms with E-state index in [-0.39, 0.29) is 5.91 Å². The van der Waals surface area contributed by atoms with Crippen LogP contribution in [0.15, 0.2) is 59.6 Å². The first-order valence-electron chi connectivity index (χ1n) is 8.71. The monoisotopic (exact) mass is 354 g/mol. The number of carbonyl (C=O) groups is 1. The summed E-state index contributed by atoms with van der Waals surface area (Å²) in [6.07, 6.45) is 0. The zero-order valence-corrected chi connectivity index (χ0v) is 15.3. The molecule has 6 nitrogen and oxygen atoms in total. The lowest BCUT2D eigenvalue weighted by molar-refractivity contribution is 0.0954. The summed E-state index contributed by atoms with van der Waals surface area (Å²) in [4.78, 5) is 16.5. The van der Waals surface area contributed by atoms with Gasteiger partial charge in [0.1, 0.15) is 5.75 Å². The zero-order valence-electron chi connectivity index (χ0n) is 15.3. The third kappa shape index (κ3) is 6.47. The Morgan fingerprint density at radius 3 is 2.50 bits per heavy atom. The number of hydrogen-bond donors (Lipinski definition) is 3. The fourth-order valence-electron chi connectivity index (χ4n) is 2.33. The summed E-state index contributed by atoms with van der Waals surface area (Å²) < 4.78 is 5.23. The van der Waals surface area contributed by atoms with E-state index in [0.29, 0.717) is 31.2 Å². The Morgan fingerprint density at radius 1 is 1.00 bits per heavy atom. The minimum atomic E-state index is -0.0780. The second kappa shape index (κ2) is 10.8. The molecule has 0 aliphatic carbocycles. The van der Waals surface area contributed by atoms with Gasteiger partial charge in [0, 0.05) is 25.2 Å². The smallest absolute Gasteiger partial charge is 0.251 e.